The predicted molar refractivity (Wildman–Crippen MR) is 74.6 cm³/mol. The minimum Gasteiger partial charge on any atom is -0.133 e. The van der Waals surface area contributed by atoms with Gasteiger partial charge in [0.25, 0.3) is 0 Å². The van der Waals surface area contributed by atoms with Crippen molar-refractivity contribution in [3.63, 3.8) is 0 Å². The van der Waals surface area contributed by atoms with Crippen molar-refractivity contribution in [1.29, 1.82) is 0 Å². The molecule has 0 aliphatic rings. The summed E-state index contributed by atoms with van der Waals surface area (Å²) >= 11 is 0. The van der Waals surface area contributed by atoms with Gasteiger partial charge >= 0.3 is 0 Å². The molecule has 2 aromatic rings. The van der Waals surface area contributed by atoms with Crippen LogP contribution in [-0.2, 0) is 6.16 Å². The van der Waals surface area contributed by atoms with E-state index >= 15 is 0 Å². The summed E-state index contributed by atoms with van der Waals surface area (Å²) in [5, 5.41) is 1.22. The molecule has 2 rings (SSSR count). The molecule has 0 amide bonds. The van der Waals surface area contributed by atoms with Crippen LogP contribution in [0.2, 0.25) is 0 Å². The second kappa shape index (κ2) is 4.88. The second-order valence-electron chi connectivity index (χ2n) is 3.52. The molecule has 0 heterocycles. The Kier molecular flexibility index (Phi) is 3.52. The number of benzene rings is 2. The highest BCUT2D eigenvalue weighted by Crippen LogP contribution is 2.19. The third-order valence-corrected chi connectivity index (χ3v) is 3.29. The van der Waals surface area contributed by atoms with Crippen LogP contribution in [0.1, 0.15) is 5.56 Å². The van der Waals surface area contributed by atoms with Crippen molar-refractivity contribution in [3.8, 4) is 11.1 Å². The second-order valence-corrected chi connectivity index (χ2v) is 4.60. The van der Waals surface area contributed by atoms with Gasteiger partial charge in [0, 0.05) is 0 Å². The Morgan fingerprint density at radius 3 is 1.67 bits per heavy atom. The monoisotopic (exact) mass is 232 g/mol. The fraction of sp³-hybridized carbons (Fsp3) is 0.0769. The Morgan fingerprint density at radius 1 is 0.733 bits per heavy atom. The van der Waals surface area contributed by atoms with E-state index in [1.807, 2.05) is 0 Å². The van der Waals surface area contributed by atoms with Crippen molar-refractivity contribution in [2.24, 2.45) is 0 Å². The average molecular weight is 232 g/mol. The summed E-state index contributed by atoms with van der Waals surface area (Å²) in [6.45, 7) is 0. The van der Waals surface area contributed by atoms with E-state index < -0.39 is 0 Å². The molecule has 2 aromatic carbocycles. The summed E-state index contributed by atoms with van der Waals surface area (Å²) in [4.78, 5) is 0. The third kappa shape index (κ3) is 2.65. The van der Waals surface area contributed by atoms with Gasteiger partial charge in [0.2, 0.25) is 0 Å². The lowest BCUT2D eigenvalue weighted by Crippen LogP contribution is -1.88. The fourth-order valence-electron chi connectivity index (χ4n) is 1.51. The van der Waals surface area contributed by atoms with E-state index in [1.165, 1.54) is 22.0 Å². The Bertz CT molecular complexity index is 429. The van der Waals surface area contributed by atoms with Crippen molar-refractivity contribution in [2.45, 2.75) is 6.16 Å². The first-order valence-electron chi connectivity index (χ1n) is 4.94. The molecule has 0 saturated carbocycles. The first-order chi connectivity index (χ1) is 7.29. The summed E-state index contributed by atoms with van der Waals surface area (Å²) in [6.07, 6.45) is 1.02. The van der Waals surface area contributed by atoms with E-state index in [0.717, 1.165) is 6.16 Å². The molecule has 0 bridgehead atoms. The topological polar surface area (TPSA) is 0 Å². The summed E-state index contributed by atoms with van der Waals surface area (Å²) < 4.78 is 0. The normalized spacial score (nSPS) is 10.3. The van der Waals surface area contributed by atoms with E-state index in [0.29, 0.717) is 0 Å². The van der Waals surface area contributed by atoms with Gasteiger partial charge in [0.1, 0.15) is 0 Å². The van der Waals surface area contributed by atoms with Crippen LogP contribution in [0.25, 0.3) is 11.1 Å². The van der Waals surface area contributed by atoms with Crippen molar-refractivity contribution < 1.29 is 0 Å². The van der Waals surface area contributed by atoms with Gasteiger partial charge in [0.15, 0.2) is 0 Å². The number of rotatable bonds is 2. The number of hydrogen-bond acceptors (Lipinski definition) is 0. The lowest BCUT2D eigenvalue weighted by Gasteiger charge is -2.03. The zero-order chi connectivity index (χ0) is 10.7. The average Bonchev–Trinajstić information content (AvgIpc) is 2.30. The van der Waals surface area contributed by atoms with Crippen molar-refractivity contribution >= 4 is 23.8 Å². The van der Waals surface area contributed by atoms with Crippen LogP contribution in [0.4, 0.5) is 0 Å². The minimum atomic E-state index is 1.02. The van der Waals surface area contributed by atoms with Crippen LogP contribution >= 0.6 is 18.5 Å². The molecule has 0 aromatic heterocycles. The minimum absolute atomic E-state index is 1.02. The standard InChI is InChI=1S/C13H14P2/c14-9-10-1-3-11(4-2-10)12-5-7-13(15)8-6-12/h1-8H,9,14-15H2. The van der Waals surface area contributed by atoms with E-state index in [-0.39, 0.29) is 0 Å². The maximum absolute atomic E-state index is 2.74. The highest BCUT2D eigenvalue weighted by molar-refractivity contribution is 7.27. The lowest BCUT2D eigenvalue weighted by atomic mass is 10.0. The first kappa shape index (κ1) is 10.8. The van der Waals surface area contributed by atoms with Gasteiger partial charge in [0.05, 0.1) is 0 Å². The molecule has 0 aliphatic heterocycles. The van der Waals surface area contributed by atoms with Gasteiger partial charge in [-0.3, -0.25) is 0 Å². The van der Waals surface area contributed by atoms with Crippen LogP contribution in [-0.4, -0.2) is 0 Å². The van der Waals surface area contributed by atoms with Gasteiger partial charge in [-0.05, 0) is 28.2 Å². The van der Waals surface area contributed by atoms with Crippen LogP contribution in [0, 0.1) is 0 Å². The van der Waals surface area contributed by atoms with Gasteiger partial charge in [-0.15, -0.1) is 18.5 Å². The van der Waals surface area contributed by atoms with Crippen molar-refractivity contribution in [2.75, 3.05) is 0 Å². The Labute approximate surface area is 95.5 Å². The summed E-state index contributed by atoms with van der Waals surface area (Å²) in [5.41, 5.74) is 3.91. The molecule has 0 saturated heterocycles. The lowest BCUT2D eigenvalue weighted by molar-refractivity contribution is 1.42. The largest absolute Gasteiger partial charge is 0.133 e. The van der Waals surface area contributed by atoms with Gasteiger partial charge < -0.3 is 0 Å². The SMILES string of the molecule is PCc1ccc(-c2ccc(P)cc2)cc1. The maximum atomic E-state index is 2.74. The van der Waals surface area contributed by atoms with Crippen molar-refractivity contribution in [3.05, 3.63) is 54.1 Å². The van der Waals surface area contributed by atoms with Crippen molar-refractivity contribution in [1.82, 2.24) is 0 Å². The quantitative estimate of drug-likeness (QED) is 0.697. The van der Waals surface area contributed by atoms with Gasteiger partial charge in [-0.1, -0.05) is 48.5 Å². The fourth-order valence-corrected chi connectivity index (χ4v) is 1.97. The predicted octanol–water partition coefficient (Wildman–Crippen LogP) is 3.23. The molecule has 0 fully saturated rings. The van der Waals surface area contributed by atoms with Crippen LogP contribution in [0.3, 0.4) is 0 Å². The molecule has 0 N–H and O–H groups in total. The molecule has 0 aliphatic carbocycles. The molecule has 2 unspecified atom stereocenters. The molecule has 15 heavy (non-hydrogen) atoms. The molecule has 0 spiro atoms. The molecule has 0 radical (unpaired) electrons. The van der Waals surface area contributed by atoms with E-state index in [9.17, 15) is 0 Å². The van der Waals surface area contributed by atoms with E-state index in [4.69, 9.17) is 0 Å². The molecular formula is C13H14P2. The molecular weight excluding hydrogens is 218 g/mol. The van der Waals surface area contributed by atoms with Gasteiger partial charge in [-0.25, -0.2) is 0 Å². The molecule has 2 heteroatoms. The summed E-state index contributed by atoms with van der Waals surface area (Å²) in [6, 6.07) is 17.2. The van der Waals surface area contributed by atoms with E-state index in [2.05, 4.69) is 67.0 Å². The van der Waals surface area contributed by atoms with Crippen LogP contribution in [0.5, 0.6) is 0 Å². The van der Waals surface area contributed by atoms with Crippen LogP contribution < -0.4 is 5.30 Å². The first-order valence-corrected chi connectivity index (χ1v) is 6.34. The van der Waals surface area contributed by atoms with E-state index in [1.54, 1.807) is 0 Å². The molecule has 2 atom stereocenters. The smallest absolute Gasteiger partial charge is 0.0128 e. The zero-order valence-corrected chi connectivity index (χ0v) is 10.8. The van der Waals surface area contributed by atoms with Gasteiger partial charge in [-0.2, -0.15) is 0 Å². The summed E-state index contributed by atoms with van der Waals surface area (Å²) in [5.74, 6) is 0. The maximum Gasteiger partial charge on any atom is -0.0128 e. The highest BCUT2D eigenvalue weighted by atomic mass is 31.0. The third-order valence-electron chi connectivity index (χ3n) is 2.43. The number of hydrogen-bond donors (Lipinski definition) is 0. The Balaban J connectivity index is 2.33. The molecule has 0 nitrogen and oxygen atoms in total. The highest BCUT2D eigenvalue weighted by Gasteiger charge is 1.96. The Morgan fingerprint density at radius 2 is 1.20 bits per heavy atom. The zero-order valence-electron chi connectivity index (χ0n) is 8.48. The Hall–Kier alpha value is -0.700. The summed E-state index contributed by atoms with van der Waals surface area (Å²) in [7, 11) is 5.44. The van der Waals surface area contributed by atoms with Crippen LogP contribution in [0.15, 0.2) is 48.5 Å². The molecule has 76 valence electrons.